The van der Waals surface area contributed by atoms with Gasteiger partial charge in [0.1, 0.15) is 0 Å². The summed E-state index contributed by atoms with van der Waals surface area (Å²) in [6, 6.07) is 0. The lowest BCUT2D eigenvalue weighted by atomic mass is 9.97. The van der Waals surface area contributed by atoms with Crippen molar-refractivity contribution in [2.45, 2.75) is 25.7 Å². The fourth-order valence-electron chi connectivity index (χ4n) is 2.92. The number of piperidine rings is 1. The van der Waals surface area contributed by atoms with Gasteiger partial charge in [0.15, 0.2) is 5.96 Å². The summed E-state index contributed by atoms with van der Waals surface area (Å²) in [5.41, 5.74) is 1.25. The molecular weight excluding hydrogens is 421 g/mol. The van der Waals surface area contributed by atoms with Crippen molar-refractivity contribution in [2.75, 3.05) is 33.8 Å². The van der Waals surface area contributed by atoms with Gasteiger partial charge in [0.25, 0.3) is 0 Å². The molecule has 2 heterocycles. The van der Waals surface area contributed by atoms with E-state index in [0.717, 1.165) is 51.3 Å². The lowest BCUT2D eigenvalue weighted by Gasteiger charge is -2.33. The average molecular weight is 449 g/mol. The molecule has 0 saturated carbocycles. The molecule has 0 spiro atoms. The van der Waals surface area contributed by atoms with Gasteiger partial charge in [0, 0.05) is 39.9 Å². The van der Waals surface area contributed by atoms with Crippen LogP contribution in [-0.4, -0.2) is 60.4 Å². The van der Waals surface area contributed by atoms with Gasteiger partial charge in [-0.2, -0.15) is 5.10 Å². The van der Waals surface area contributed by atoms with Crippen LogP contribution in [0.1, 0.15) is 24.8 Å². The standard InChI is InChI=1S/C16H27N5O2.HI/c1-17-16(18-8-4-5-13-11-19-20(2)12-13)21-9-6-14(7-10-21)15(22)23-3;/h11-12,14H,4-10H2,1-3H3,(H,17,18);1H. The predicted molar refractivity (Wildman–Crippen MR) is 105 cm³/mol. The molecule has 0 bridgehead atoms. The molecule has 0 radical (unpaired) electrons. The fourth-order valence-corrected chi connectivity index (χ4v) is 2.92. The molecule has 1 aromatic rings. The molecule has 24 heavy (non-hydrogen) atoms. The minimum absolute atomic E-state index is 0. The van der Waals surface area contributed by atoms with E-state index in [4.69, 9.17) is 4.74 Å². The number of aryl methyl sites for hydroxylation is 2. The molecule has 1 N–H and O–H groups in total. The van der Waals surface area contributed by atoms with E-state index in [2.05, 4.69) is 20.3 Å². The van der Waals surface area contributed by atoms with E-state index in [0.29, 0.717) is 0 Å². The number of likely N-dealkylation sites (tertiary alicyclic amines) is 1. The summed E-state index contributed by atoms with van der Waals surface area (Å²) in [6.45, 7) is 2.54. The summed E-state index contributed by atoms with van der Waals surface area (Å²) in [4.78, 5) is 18.1. The topological polar surface area (TPSA) is 71.8 Å². The van der Waals surface area contributed by atoms with Gasteiger partial charge in [-0.3, -0.25) is 14.5 Å². The van der Waals surface area contributed by atoms with Crippen molar-refractivity contribution in [1.82, 2.24) is 20.0 Å². The largest absolute Gasteiger partial charge is 0.469 e. The first-order valence-electron chi connectivity index (χ1n) is 8.15. The molecule has 1 fully saturated rings. The number of rotatable bonds is 5. The molecule has 0 aliphatic carbocycles. The molecule has 136 valence electrons. The van der Waals surface area contributed by atoms with Crippen molar-refractivity contribution in [2.24, 2.45) is 18.0 Å². The normalized spacial score (nSPS) is 15.8. The zero-order chi connectivity index (χ0) is 16.7. The molecule has 8 heteroatoms. The zero-order valence-electron chi connectivity index (χ0n) is 14.7. The first kappa shape index (κ1) is 20.7. The molecule has 1 aliphatic rings. The maximum atomic E-state index is 11.6. The zero-order valence-corrected chi connectivity index (χ0v) is 17.0. The molecule has 1 aliphatic heterocycles. The molecule has 1 saturated heterocycles. The summed E-state index contributed by atoms with van der Waals surface area (Å²) in [5, 5.41) is 7.58. The molecule has 0 aromatic carbocycles. The van der Waals surface area contributed by atoms with Crippen LogP contribution in [0.4, 0.5) is 0 Å². The smallest absolute Gasteiger partial charge is 0.308 e. The monoisotopic (exact) mass is 449 g/mol. The van der Waals surface area contributed by atoms with Crippen LogP contribution >= 0.6 is 24.0 Å². The molecule has 1 aromatic heterocycles. The van der Waals surface area contributed by atoms with Crippen LogP contribution < -0.4 is 5.32 Å². The van der Waals surface area contributed by atoms with E-state index in [1.165, 1.54) is 12.7 Å². The van der Waals surface area contributed by atoms with Gasteiger partial charge in [-0.25, -0.2) is 0 Å². The van der Waals surface area contributed by atoms with E-state index in [9.17, 15) is 4.79 Å². The summed E-state index contributed by atoms with van der Waals surface area (Å²) in [6.07, 6.45) is 7.64. The molecule has 0 atom stereocenters. The first-order chi connectivity index (χ1) is 11.1. The van der Waals surface area contributed by atoms with E-state index >= 15 is 0 Å². The Labute approximate surface area is 160 Å². The van der Waals surface area contributed by atoms with E-state index in [1.54, 1.807) is 7.05 Å². The van der Waals surface area contributed by atoms with Gasteiger partial charge in [-0.15, -0.1) is 24.0 Å². The number of carbonyl (C=O) groups excluding carboxylic acids is 1. The minimum atomic E-state index is -0.0935. The van der Waals surface area contributed by atoms with Crippen LogP contribution in [-0.2, 0) is 23.0 Å². The highest BCUT2D eigenvalue weighted by atomic mass is 127. The number of aliphatic imine (C=N–C) groups is 1. The number of hydrogen-bond donors (Lipinski definition) is 1. The Kier molecular flexibility index (Phi) is 9.09. The number of guanidine groups is 1. The SMILES string of the molecule is CN=C(NCCCc1cnn(C)c1)N1CCC(C(=O)OC)CC1.I. The number of methoxy groups -OCH3 is 1. The van der Waals surface area contributed by atoms with Crippen molar-refractivity contribution in [3.8, 4) is 0 Å². The average Bonchev–Trinajstić information content (AvgIpc) is 3.00. The summed E-state index contributed by atoms with van der Waals surface area (Å²) in [5.74, 6) is 0.850. The first-order valence-corrected chi connectivity index (χ1v) is 8.15. The van der Waals surface area contributed by atoms with Crippen LogP contribution in [0.25, 0.3) is 0 Å². The third kappa shape index (κ3) is 5.95. The number of esters is 1. The van der Waals surface area contributed by atoms with Crippen molar-refractivity contribution in [3.05, 3.63) is 18.0 Å². The third-order valence-corrected chi connectivity index (χ3v) is 4.22. The Morgan fingerprint density at radius 3 is 2.71 bits per heavy atom. The van der Waals surface area contributed by atoms with Crippen molar-refractivity contribution >= 4 is 35.9 Å². The van der Waals surface area contributed by atoms with Crippen LogP contribution in [0.2, 0.25) is 0 Å². The van der Waals surface area contributed by atoms with Crippen molar-refractivity contribution in [1.29, 1.82) is 0 Å². The number of nitrogens with zero attached hydrogens (tertiary/aromatic N) is 4. The maximum absolute atomic E-state index is 11.6. The second kappa shape index (κ2) is 10.5. The Balaban J connectivity index is 0.00000288. The highest BCUT2D eigenvalue weighted by Crippen LogP contribution is 2.18. The fraction of sp³-hybridized carbons (Fsp3) is 0.688. The van der Waals surface area contributed by atoms with Gasteiger partial charge in [-0.1, -0.05) is 0 Å². The maximum Gasteiger partial charge on any atom is 0.308 e. The molecule has 0 unspecified atom stereocenters. The Morgan fingerprint density at radius 2 is 2.17 bits per heavy atom. The van der Waals surface area contributed by atoms with Gasteiger partial charge in [0.05, 0.1) is 19.2 Å². The summed E-state index contributed by atoms with van der Waals surface area (Å²) in [7, 11) is 5.19. The number of nitrogens with one attached hydrogen (secondary N) is 1. The highest BCUT2D eigenvalue weighted by molar-refractivity contribution is 14.0. The Morgan fingerprint density at radius 1 is 1.46 bits per heavy atom. The molecule has 7 nitrogen and oxygen atoms in total. The Bertz CT molecular complexity index is 538. The second-order valence-electron chi connectivity index (χ2n) is 5.88. The van der Waals surface area contributed by atoms with Gasteiger partial charge < -0.3 is 15.0 Å². The van der Waals surface area contributed by atoms with E-state index in [-0.39, 0.29) is 35.9 Å². The van der Waals surface area contributed by atoms with Crippen LogP contribution in [0, 0.1) is 5.92 Å². The predicted octanol–water partition coefficient (Wildman–Crippen LogP) is 1.43. The Hall–Kier alpha value is -1.32. The van der Waals surface area contributed by atoms with E-state index in [1.807, 2.05) is 24.1 Å². The number of ether oxygens (including phenoxy) is 1. The molecular formula is C16H28IN5O2. The summed E-state index contributed by atoms with van der Waals surface area (Å²) < 4.78 is 6.65. The minimum Gasteiger partial charge on any atom is -0.469 e. The van der Waals surface area contributed by atoms with Crippen LogP contribution in [0.3, 0.4) is 0 Å². The van der Waals surface area contributed by atoms with Gasteiger partial charge >= 0.3 is 5.97 Å². The second-order valence-corrected chi connectivity index (χ2v) is 5.88. The number of aromatic nitrogens is 2. The van der Waals surface area contributed by atoms with Crippen molar-refractivity contribution in [3.63, 3.8) is 0 Å². The van der Waals surface area contributed by atoms with Gasteiger partial charge in [-0.05, 0) is 31.2 Å². The van der Waals surface area contributed by atoms with Crippen molar-refractivity contribution < 1.29 is 9.53 Å². The lowest BCUT2D eigenvalue weighted by molar-refractivity contribution is -0.146. The van der Waals surface area contributed by atoms with Crippen LogP contribution in [0.5, 0.6) is 0 Å². The number of hydrogen-bond acceptors (Lipinski definition) is 4. The molecule has 2 rings (SSSR count). The number of halogens is 1. The number of carbonyl (C=O) groups is 1. The van der Waals surface area contributed by atoms with Crippen LogP contribution in [0.15, 0.2) is 17.4 Å². The third-order valence-electron chi connectivity index (χ3n) is 4.22. The lowest BCUT2D eigenvalue weighted by Crippen LogP contribution is -2.46. The highest BCUT2D eigenvalue weighted by Gasteiger charge is 2.26. The van der Waals surface area contributed by atoms with Gasteiger partial charge in [0.2, 0.25) is 0 Å². The molecule has 0 amide bonds. The quantitative estimate of drug-likeness (QED) is 0.242. The van der Waals surface area contributed by atoms with E-state index < -0.39 is 0 Å². The summed E-state index contributed by atoms with van der Waals surface area (Å²) >= 11 is 0.